The third-order valence-electron chi connectivity index (χ3n) is 5.80. The Morgan fingerprint density at radius 2 is 2.09 bits per heavy atom. The SMILES string of the molecule is COC1=C[C@@]23CCCN2CCc2cc4c(cc2[C@@H]3C1=O)OCO4. The van der Waals surface area contributed by atoms with Crippen LogP contribution in [0.3, 0.4) is 0 Å². The summed E-state index contributed by atoms with van der Waals surface area (Å²) in [7, 11) is 1.59. The largest absolute Gasteiger partial charge is 0.493 e. The van der Waals surface area contributed by atoms with Gasteiger partial charge in [-0.05, 0) is 55.1 Å². The van der Waals surface area contributed by atoms with Crippen LogP contribution in [-0.4, -0.2) is 43.2 Å². The number of nitrogens with zero attached hydrogens (tertiary/aromatic N) is 1. The Kier molecular flexibility index (Phi) is 2.63. The summed E-state index contributed by atoms with van der Waals surface area (Å²) in [5.41, 5.74) is 2.07. The second-order valence-corrected chi connectivity index (χ2v) is 6.75. The van der Waals surface area contributed by atoms with E-state index < -0.39 is 0 Å². The van der Waals surface area contributed by atoms with Gasteiger partial charge >= 0.3 is 0 Å². The van der Waals surface area contributed by atoms with Crippen LogP contribution in [0, 0.1) is 0 Å². The highest BCUT2D eigenvalue weighted by atomic mass is 16.7. The lowest BCUT2D eigenvalue weighted by atomic mass is 9.78. The van der Waals surface area contributed by atoms with Gasteiger partial charge in [0.15, 0.2) is 17.3 Å². The van der Waals surface area contributed by atoms with E-state index in [2.05, 4.69) is 17.0 Å². The quantitative estimate of drug-likeness (QED) is 0.794. The molecule has 1 saturated heterocycles. The second kappa shape index (κ2) is 4.51. The standard InChI is InChI=1S/C18H19NO4/c1-21-15-9-18-4-2-5-19(18)6-3-11-7-13-14(23-10-22-13)8-12(11)16(18)17(15)20/h7-9,16H,2-6,10H2,1H3/t16-,18-/m1/s1. The minimum Gasteiger partial charge on any atom is -0.493 e. The van der Waals surface area contributed by atoms with Crippen LogP contribution in [0.2, 0.25) is 0 Å². The van der Waals surface area contributed by atoms with E-state index in [-0.39, 0.29) is 24.0 Å². The van der Waals surface area contributed by atoms with Crippen molar-refractivity contribution in [3.05, 3.63) is 35.1 Å². The number of Topliss-reactive ketones (excluding diaryl/α,β-unsaturated/α-hetero) is 1. The molecule has 0 amide bonds. The smallest absolute Gasteiger partial charge is 0.231 e. The Morgan fingerprint density at radius 3 is 2.91 bits per heavy atom. The van der Waals surface area contributed by atoms with Crippen LogP contribution in [-0.2, 0) is 16.0 Å². The first-order chi connectivity index (χ1) is 11.2. The van der Waals surface area contributed by atoms with Crippen molar-refractivity contribution in [1.82, 2.24) is 4.90 Å². The number of hydrogen-bond donors (Lipinski definition) is 0. The van der Waals surface area contributed by atoms with Gasteiger partial charge in [0.25, 0.3) is 0 Å². The van der Waals surface area contributed by atoms with Crippen molar-refractivity contribution in [3.8, 4) is 11.5 Å². The van der Waals surface area contributed by atoms with Crippen LogP contribution in [0.4, 0.5) is 0 Å². The summed E-state index contributed by atoms with van der Waals surface area (Å²) in [6.07, 6.45) is 5.14. The molecule has 1 fully saturated rings. The topological polar surface area (TPSA) is 48.0 Å². The highest BCUT2D eigenvalue weighted by Crippen LogP contribution is 2.53. The lowest BCUT2D eigenvalue weighted by Crippen LogP contribution is -2.46. The van der Waals surface area contributed by atoms with E-state index in [4.69, 9.17) is 14.2 Å². The van der Waals surface area contributed by atoms with Gasteiger partial charge in [-0.1, -0.05) is 0 Å². The fraction of sp³-hybridized carbons (Fsp3) is 0.500. The van der Waals surface area contributed by atoms with Gasteiger partial charge in [-0.2, -0.15) is 0 Å². The van der Waals surface area contributed by atoms with Crippen molar-refractivity contribution in [1.29, 1.82) is 0 Å². The highest BCUT2D eigenvalue weighted by Gasteiger charge is 2.56. The summed E-state index contributed by atoms with van der Waals surface area (Å²) >= 11 is 0. The van der Waals surface area contributed by atoms with E-state index in [1.165, 1.54) is 5.56 Å². The molecule has 1 aliphatic carbocycles. The first-order valence-electron chi connectivity index (χ1n) is 8.21. The van der Waals surface area contributed by atoms with Crippen LogP contribution in [0.15, 0.2) is 24.0 Å². The van der Waals surface area contributed by atoms with Gasteiger partial charge in [0.1, 0.15) is 0 Å². The van der Waals surface area contributed by atoms with Crippen LogP contribution in [0.25, 0.3) is 0 Å². The van der Waals surface area contributed by atoms with E-state index in [0.29, 0.717) is 5.76 Å². The number of hydrogen-bond acceptors (Lipinski definition) is 5. The molecular formula is C18H19NO4. The molecule has 3 aliphatic heterocycles. The Hall–Kier alpha value is -2.01. The number of carbonyl (C=O) groups excluding carboxylic acids is 1. The fourth-order valence-corrected chi connectivity index (χ4v) is 4.79. The monoisotopic (exact) mass is 313 g/mol. The van der Waals surface area contributed by atoms with E-state index in [1.54, 1.807) is 7.11 Å². The predicted molar refractivity (Wildman–Crippen MR) is 82.6 cm³/mol. The van der Waals surface area contributed by atoms with Crippen LogP contribution in [0.1, 0.15) is 29.9 Å². The zero-order valence-corrected chi connectivity index (χ0v) is 13.1. The minimum atomic E-state index is -0.221. The molecule has 4 aliphatic rings. The summed E-state index contributed by atoms with van der Waals surface area (Å²) in [5, 5.41) is 0. The average Bonchev–Trinajstić information content (AvgIpc) is 3.21. The molecule has 0 unspecified atom stereocenters. The first-order valence-corrected chi connectivity index (χ1v) is 8.21. The summed E-state index contributed by atoms with van der Waals surface area (Å²) < 4.78 is 16.5. The van der Waals surface area contributed by atoms with E-state index in [0.717, 1.165) is 49.4 Å². The maximum atomic E-state index is 13.0. The molecule has 0 bridgehead atoms. The molecule has 5 rings (SSSR count). The van der Waals surface area contributed by atoms with Crippen molar-refractivity contribution in [3.63, 3.8) is 0 Å². The van der Waals surface area contributed by atoms with Crippen molar-refractivity contribution in [2.24, 2.45) is 0 Å². The first kappa shape index (κ1) is 13.4. The van der Waals surface area contributed by atoms with Gasteiger partial charge in [0.2, 0.25) is 12.6 Å². The van der Waals surface area contributed by atoms with Crippen molar-refractivity contribution >= 4 is 5.78 Å². The van der Waals surface area contributed by atoms with Gasteiger partial charge in [0.05, 0.1) is 18.6 Å². The zero-order chi connectivity index (χ0) is 15.6. The molecule has 120 valence electrons. The Morgan fingerprint density at radius 1 is 1.26 bits per heavy atom. The molecule has 1 spiro atoms. The molecule has 0 saturated carbocycles. The molecular weight excluding hydrogens is 294 g/mol. The molecule has 2 atom stereocenters. The minimum absolute atomic E-state index is 0.0985. The fourth-order valence-electron chi connectivity index (χ4n) is 4.79. The van der Waals surface area contributed by atoms with Gasteiger partial charge in [-0.3, -0.25) is 9.69 Å². The molecule has 23 heavy (non-hydrogen) atoms. The Labute approximate surface area is 134 Å². The summed E-state index contributed by atoms with van der Waals surface area (Å²) in [6.45, 7) is 2.26. The molecule has 3 heterocycles. The van der Waals surface area contributed by atoms with Gasteiger partial charge in [-0.15, -0.1) is 0 Å². The summed E-state index contributed by atoms with van der Waals surface area (Å²) in [5.74, 6) is 1.97. The van der Waals surface area contributed by atoms with Crippen LogP contribution in [0.5, 0.6) is 11.5 Å². The van der Waals surface area contributed by atoms with E-state index >= 15 is 0 Å². The molecule has 0 aromatic heterocycles. The Bertz CT molecular complexity index is 741. The number of ether oxygens (including phenoxy) is 3. The number of methoxy groups -OCH3 is 1. The molecule has 0 N–H and O–H groups in total. The second-order valence-electron chi connectivity index (χ2n) is 6.75. The van der Waals surface area contributed by atoms with Gasteiger partial charge in [0, 0.05) is 6.54 Å². The Balaban J connectivity index is 1.72. The molecule has 0 radical (unpaired) electrons. The van der Waals surface area contributed by atoms with Gasteiger partial charge in [-0.25, -0.2) is 0 Å². The number of benzene rings is 1. The number of allylic oxidation sites excluding steroid dienone is 1. The third kappa shape index (κ3) is 1.63. The third-order valence-corrected chi connectivity index (χ3v) is 5.80. The molecule has 5 heteroatoms. The molecule has 1 aromatic carbocycles. The lowest BCUT2D eigenvalue weighted by Gasteiger charge is -2.36. The zero-order valence-electron chi connectivity index (χ0n) is 13.1. The average molecular weight is 313 g/mol. The van der Waals surface area contributed by atoms with E-state index in [1.807, 2.05) is 6.07 Å². The van der Waals surface area contributed by atoms with Crippen LogP contribution < -0.4 is 9.47 Å². The van der Waals surface area contributed by atoms with Crippen molar-refractivity contribution < 1.29 is 19.0 Å². The molecule has 5 nitrogen and oxygen atoms in total. The van der Waals surface area contributed by atoms with Crippen molar-refractivity contribution in [2.75, 3.05) is 27.0 Å². The number of ketones is 1. The number of fused-ring (bicyclic) bond motifs is 3. The predicted octanol–water partition coefficient (Wildman–Crippen LogP) is 2.00. The maximum Gasteiger partial charge on any atom is 0.231 e. The maximum absolute atomic E-state index is 13.0. The number of rotatable bonds is 1. The van der Waals surface area contributed by atoms with Crippen molar-refractivity contribution in [2.45, 2.75) is 30.7 Å². The van der Waals surface area contributed by atoms with Gasteiger partial charge < -0.3 is 14.2 Å². The normalized spacial score (nSPS) is 31.3. The van der Waals surface area contributed by atoms with E-state index in [9.17, 15) is 4.79 Å². The van der Waals surface area contributed by atoms with Crippen LogP contribution >= 0.6 is 0 Å². The molecule has 1 aromatic rings. The highest BCUT2D eigenvalue weighted by molar-refractivity contribution is 6.03. The summed E-state index contributed by atoms with van der Waals surface area (Å²) in [4.78, 5) is 15.5. The lowest BCUT2D eigenvalue weighted by molar-refractivity contribution is -0.120. The summed E-state index contributed by atoms with van der Waals surface area (Å²) in [6, 6.07) is 4.09. The number of carbonyl (C=O) groups is 1.